The first-order valence-electron chi connectivity index (χ1n) is 1.72. The maximum atomic E-state index is 9.98. The van der Waals surface area contributed by atoms with Crippen molar-refractivity contribution in [3.63, 3.8) is 0 Å². The molecule has 41 valence electrons. The first-order valence-corrected chi connectivity index (χ1v) is 3.54. The van der Waals surface area contributed by atoms with Crippen LogP contribution in [0, 0.1) is 0 Å². The summed E-state index contributed by atoms with van der Waals surface area (Å²) in [5.74, 6) is 0. The topological polar surface area (TPSA) is 43.4 Å². The predicted octanol–water partition coefficient (Wildman–Crippen LogP) is -0.370. The molecular weight excluding hydrogens is 115 g/mol. The van der Waals surface area contributed by atoms with Crippen LogP contribution in [0.4, 0.5) is 0 Å². The van der Waals surface area contributed by atoms with Gasteiger partial charge < -0.3 is 4.10 Å². The lowest BCUT2D eigenvalue weighted by atomic mass is 10.1. The van der Waals surface area contributed by atoms with Crippen molar-refractivity contribution in [2.45, 2.75) is 6.82 Å². The van der Waals surface area contributed by atoms with Crippen LogP contribution in [0.15, 0.2) is 0 Å². The second-order valence-corrected chi connectivity index (χ2v) is 2.64. The highest BCUT2D eigenvalue weighted by atomic mass is 32.2. The van der Waals surface area contributed by atoms with E-state index in [1.807, 2.05) is 0 Å². The quantitative estimate of drug-likeness (QED) is 0.468. The molecule has 0 N–H and O–H groups in total. The van der Waals surface area contributed by atoms with E-state index in [4.69, 9.17) is 0 Å². The molecule has 0 rings (SSSR count). The largest absolute Gasteiger partial charge is 0.340 e. The Morgan fingerprint density at radius 3 is 2.00 bits per heavy atom. The van der Waals surface area contributed by atoms with E-state index in [2.05, 4.69) is 4.10 Å². The molecule has 0 aromatic rings. The standard InChI is InChI=1S/C2H6BO3S/c1-3-6-7(2,4)5/h1-2H3. The average Bonchev–Trinajstić information content (AvgIpc) is 1.30. The molecule has 3 nitrogen and oxygen atoms in total. The summed E-state index contributed by atoms with van der Waals surface area (Å²) in [6.45, 7) is 1.50. The molecule has 0 saturated carbocycles. The van der Waals surface area contributed by atoms with E-state index in [-0.39, 0.29) is 0 Å². The molecule has 0 bridgehead atoms. The monoisotopic (exact) mass is 121 g/mol. The summed E-state index contributed by atoms with van der Waals surface area (Å²) in [5.41, 5.74) is 0. The third kappa shape index (κ3) is 5.97. The fraction of sp³-hybridized carbons (Fsp3) is 1.00. The molecule has 0 saturated heterocycles. The van der Waals surface area contributed by atoms with E-state index >= 15 is 0 Å². The Morgan fingerprint density at radius 1 is 1.57 bits per heavy atom. The third-order valence-electron chi connectivity index (χ3n) is 0.271. The van der Waals surface area contributed by atoms with Gasteiger partial charge in [-0.05, 0) is 0 Å². The lowest BCUT2D eigenvalue weighted by molar-refractivity contribution is 0.509. The Morgan fingerprint density at radius 2 is 2.00 bits per heavy atom. The van der Waals surface area contributed by atoms with Gasteiger partial charge in [0.15, 0.2) is 0 Å². The van der Waals surface area contributed by atoms with E-state index in [1.165, 1.54) is 6.82 Å². The van der Waals surface area contributed by atoms with Gasteiger partial charge in [0.05, 0.1) is 6.26 Å². The van der Waals surface area contributed by atoms with Gasteiger partial charge >= 0.3 is 7.48 Å². The normalized spacial score (nSPS) is 11.1. The summed E-state index contributed by atoms with van der Waals surface area (Å²) in [4.78, 5) is 0. The van der Waals surface area contributed by atoms with Crippen LogP contribution < -0.4 is 0 Å². The van der Waals surface area contributed by atoms with Crippen molar-refractivity contribution in [3.8, 4) is 0 Å². The zero-order valence-corrected chi connectivity index (χ0v) is 5.03. The molecule has 0 aromatic carbocycles. The van der Waals surface area contributed by atoms with Crippen LogP contribution in [-0.2, 0) is 14.2 Å². The average molecular weight is 121 g/mol. The molecule has 0 aromatic heterocycles. The van der Waals surface area contributed by atoms with Crippen molar-refractivity contribution in [1.29, 1.82) is 0 Å². The first kappa shape index (κ1) is 6.97. The van der Waals surface area contributed by atoms with Crippen LogP contribution in [0.1, 0.15) is 0 Å². The molecular formula is C2H6BO3S. The highest BCUT2D eigenvalue weighted by Crippen LogP contribution is 1.80. The van der Waals surface area contributed by atoms with Gasteiger partial charge in [0.2, 0.25) is 10.1 Å². The van der Waals surface area contributed by atoms with Crippen LogP contribution in [0.2, 0.25) is 6.82 Å². The lowest BCUT2D eigenvalue weighted by Crippen LogP contribution is -2.03. The maximum Gasteiger partial charge on any atom is 0.316 e. The van der Waals surface area contributed by atoms with E-state index in [1.54, 1.807) is 0 Å². The SMILES string of the molecule is C[B]OS(C)(=O)=O. The minimum atomic E-state index is -3.23. The van der Waals surface area contributed by atoms with Crippen molar-refractivity contribution >= 4 is 17.6 Å². The molecule has 0 atom stereocenters. The van der Waals surface area contributed by atoms with Gasteiger partial charge in [-0.15, -0.1) is 0 Å². The summed E-state index contributed by atoms with van der Waals surface area (Å²) in [6, 6.07) is 0. The molecule has 5 heteroatoms. The molecule has 0 spiro atoms. The van der Waals surface area contributed by atoms with Crippen molar-refractivity contribution in [3.05, 3.63) is 0 Å². The molecule has 0 aliphatic rings. The number of rotatable bonds is 2. The fourth-order valence-electron chi connectivity index (χ4n) is 0.175. The van der Waals surface area contributed by atoms with Crippen molar-refractivity contribution in [2.24, 2.45) is 0 Å². The second-order valence-electron chi connectivity index (χ2n) is 1.04. The van der Waals surface area contributed by atoms with Crippen molar-refractivity contribution < 1.29 is 12.5 Å². The number of hydrogen-bond acceptors (Lipinski definition) is 3. The van der Waals surface area contributed by atoms with Crippen LogP contribution in [0.25, 0.3) is 0 Å². The first-order chi connectivity index (χ1) is 3.06. The van der Waals surface area contributed by atoms with Crippen molar-refractivity contribution in [2.75, 3.05) is 6.26 Å². The molecule has 1 radical (unpaired) electrons. The Kier molecular flexibility index (Phi) is 2.32. The zero-order valence-electron chi connectivity index (χ0n) is 4.21. The highest BCUT2D eigenvalue weighted by molar-refractivity contribution is 7.86. The van der Waals surface area contributed by atoms with Crippen LogP contribution in [0.3, 0.4) is 0 Å². The van der Waals surface area contributed by atoms with Crippen LogP contribution >= 0.6 is 0 Å². The maximum absolute atomic E-state index is 9.98. The Bertz CT molecular complexity index is 126. The Hall–Kier alpha value is -0.0251. The summed E-state index contributed by atoms with van der Waals surface area (Å²) in [6.07, 6.45) is 0.993. The minimum Gasteiger partial charge on any atom is -0.340 e. The number of hydrogen-bond donors (Lipinski definition) is 0. The molecule has 0 fully saturated rings. The molecule has 7 heavy (non-hydrogen) atoms. The molecule has 0 heterocycles. The molecule has 0 aliphatic heterocycles. The fourth-order valence-corrected chi connectivity index (χ4v) is 0.524. The molecule has 0 amide bonds. The molecule has 0 aliphatic carbocycles. The highest BCUT2D eigenvalue weighted by Gasteiger charge is 1.95. The predicted molar refractivity (Wildman–Crippen MR) is 27.5 cm³/mol. The second kappa shape index (κ2) is 2.33. The minimum absolute atomic E-state index is 0.993. The van der Waals surface area contributed by atoms with Gasteiger partial charge in [-0.25, -0.2) is 8.42 Å². The summed E-state index contributed by atoms with van der Waals surface area (Å²) in [7, 11) is -2.11. The molecule has 0 unspecified atom stereocenters. The van der Waals surface area contributed by atoms with Gasteiger partial charge in [-0.2, -0.15) is 0 Å². The Balaban J connectivity index is 3.60. The summed E-state index contributed by atoms with van der Waals surface area (Å²) >= 11 is 0. The third-order valence-corrected chi connectivity index (χ3v) is 0.813. The Labute approximate surface area is 44.1 Å². The van der Waals surface area contributed by atoms with Gasteiger partial charge in [-0.3, -0.25) is 0 Å². The van der Waals surface area contributed by atoms with E-state index < -0.39 is 10.1 Å². The van der Waals surface area contributed by atoms with Gasteiger partial charge in [0.25, 0.3) is 0 Å². The van der Waals surface area contributed by atoms with Gasteiger partial charge in [0.1, 0.15) is 0 Å². The van der Waals surface area contributed by atoms with Gasteiger partial charge in [-0.1, -0.05) is 6.82 Å². The van der Waals surface area contributed by atoms with Crippen LogP contribution in [0.5, 0.6) is 0 Å². The van der Waals surface area contributed by atoms with Crippen LogP contribution in [-0.4, -0.2) is 22.2 Å². The van der Waals surface area contributed by atoms with Gasteiger partial charge in [0, 0.05) is 0 Å². The smallest absolute Gasteiger partial charge is 0.316 e. The zero-order chi connectivity index (χ0) is 5.91. The van der Waals surface area contributed by atoms with E-state index in [0.29, 0.717) is 0 Å². The summed E-state index contributed by atoms with van der Waals surface area (Å²) < 4.78 is 24.0. The summed E-state index contributed by atoms with van der Waals surface area (Å²) in [5, 5.41) is 0. The lowest BCUT2D eigenvalue weighted by Gasteiger charge is -1.89. The van der Waals surface area contributed by atoms with E-state index in [0.717, 1.165) is 13.7 Å². The van der Waals surface area contributed by atoms with Crippen molar-refractivity contribution in [1.82, 2.24) is 0 Å². The van der Waals surface area contributed by atoms with E-state index in [9.17, 15) is 8.42 Å².